The average Bonchev–Trinajstić information content (AvgIpc) is 3.16. The lowest BCUT2D eigenvalue weighted by Crippen LogP contribution is -2.53. The number of Topliss-reactive ketones (excluding diaryl/α,β-unsaturated/α-hetero) is 1. The fourth-order valence-electron chi connectivity index (χ4n) is 6.18. The Labute approximate surface area is 321 Å². The van der Waals surface area contributed by atoms with Crippen molar-refractivity contribution in [2.75, 3.05) is 31.7 Å². The van der Waals surface area contributed by atoms with Crippen LogP contribution in [0.25, 0.3) is 0 Å². The quantitative estimate of drug-likeness (QED) is 0.0887. The molecule has 0 radical (unpaired) electrons. The van der Waals surface area contributed by atoms with Crippen molar-refractivity contribution in [3.63, 3.8) is 0 Å². The number of amides is 4. The number of carbonyl (C=O) groups is 5. The summed E-state index contributed by atoms with van der Waals surface area (Å²) in [5.74, 6) is -2.24. The van der Waals surface area contributed by atoms with Crippen LogP contribution in [0.4, 0.5) is 0 Å². The highest BCUT2D eigenvalue weighted by Crippen LogP contribution is 2.49. The van der Waals surface area contributed by atoms with Crippen LogP contribution in [-0.4, -0.2) is 78.1 Å². The minimum Gasteiger partial charge on any atom is -0.358 e. The topological polar surface area (TPSA) is 125 Å². The van der Waals surface area contributed by atoms with E-state index in [1.165, 1.54) is 11.9 Å². The lowest BCUT2D eigenvalue weighted by Gasteiger charge is -2.36. The van der Waals surface area contributed by atoms with Crippen molar-refractivity contribution >= 4 is 57.1 Å². The van der Waals surface area contributed by atoms with E-state index >= 15 is 0 Å². The zero-order chi connectivity index (χ0) is 38.1. The zero-order valence-corrected chi connectivity index (χ0v) is 33.3. The van der Waals surface area contributed by atoms with E-state index in [0.717, 1.165) is 29.5 Å². The Bertz CT molecular complexity index is 1500. The molecular weight excluding hydrogens is 740 g/mol. The van der Waals surface area contributed by atoms with E-state index in [9.17, 15) is 24.0 Å². The van der Waals surface area contributed by atoms with Gasteiger partial charge in [-0.3, -0.25) is 24.0 Å². The fraction of sp³-hybridized carbons (Fsp3) is 0.439. The summed E-state index contributed by atoms with van der Waals surface area (Å²) in [5.41, 5.74) is 3.04. The van der Waals surface area contributed by atoms with E-state index in [1.807, 2.05) is 75.4 Å². The summed E-state index contributed by atoms with van der Waals surface area (Å²) >= 11 is 4.77. The Morgan fingerprint density at radius 3 is 1.79 bits per heavy atom. The summed E-state index contributed by atoms with van der Waals surface area (Å²) in [6.45, 7) is 5.73. The molecule has 3 aromatic rings. The average molecular weight is 794 g/mol. The molecule has 11 heteroatoms. The Balaban J connectivity index is 2.03. The second kappa shape index (κ2) is 21.5. The molecule has 0 spiro atoms. The van der Waals surface area contributed by atoms with Gasteiger partial charge >= 0.3 is 0 Å². The molecule has 0 aliphatic rings. The number of ketones is 1. The van der Waals surface area contributed by atoms with E-state index in [0.29, 0.717) is 12.8 Å². The maximum absolute atomic E-state index is 14.3. The summed E-state index contributed by atoms with van der Waals surface area (Å²) in [4.78, 5) is 68.2. The summed E-state index contributed by atoms with van der Waals surface area (Å²) in [6.07, 6.45) is 2.24. The number of likely N-dealkylation sites (N-methyl/N-ethyl adjacent to an activating group) is 2. The molecule has 3 N–H and O–H groups in total. The molecule has 0 bridgehead atoms. The van der Waals surface area contributed by atoms with Crippen LogP contribution < -0.4 is 16.0 Å². The highest BCUT2D eigenvalue weighted by atomic mass is 79.9. The molecule has 52 heavy (non-hydrogen) atoms. The van der Waals surface area contributed by atoms with Crippen LogP contribution in [0.1, 0.15) is 69.6 Å². The molecule has 0 fully saturated rings. The number of carbonyl (C=O) groups excluding carboxylic acids is 5. The molecule has 3 rings (SSSR count). The molecule has 0 aliphatic heterocycles. The molecule has 4 amide bonds. The van der Waals surface area contributed by atoms with Gasteiger partial charge in [-0.1, -0.05) is 141 Å². The van der Waals surface area contributed by atoms with E-state index < -0.39 is 34.6 Å². The number of benzene rings is 3. The van der Waals surface area contributed by atoms with Crippen molar-refractivity contribution in [2.24, 2.45) is 11.8 Å². The zero-order valence-electron chi connectivity index (χ0n) is 30.9. The van der Waals surface area contributed by atoms with Crippen molar-refractivity contribution in [3.8, 4) is 0 Å². The molecular formula is C41H53BrN4O5S. The number of thioether (sulfide) groups is 1. The number of hydrogen-bond acceptors (Lipinski definition) is 6. The first-order valence-electron chi connectivity index (χ1n) is 17.9. The van der Waals surface area contributed by atoms with Gasteiger partial charge in [-0.05, 0) is 35.4 Å². The molecule has 280 valence electrons. The first kappa shape index (κ1) is 42.5. The van der Waals surface area contributed by atoms with Gasteiger partial charge < -0.3 is 20.9 Å². The molecule has 3 atom stereocenters. The molecule has 0 aromatic heterocycles. The number of rotatable bonds is 21. The fourth-order valence-corrected chi connectivity index (χ4v) is 8.21. The van der Waals surface area contributed by atoms with Crippen molar-refractivity contribution in [2.45, 2.75) is 69.7 Å². The Morgan fingerprint density at radius 2 is 1.35 bits per heavy atom. The maximum atomic E-state index is 14.3. The van der Waals surface area contributed by atoms with E-state index in [4.69, 9.17) is 0 Å². The van der Waals surface area contributed by atoms with Gasteiger partial charge in [0.2, 0.25) is 23.6 Å². The van der Waals surface area contributed by atoms with Gasteiger partial charge in [-0.2, -0.15) is 0 Å². The Hall–Kier alpha value is -3.96. The lowest BCUT2D eigenvalue weighted by molar-refractivity contribution is -0.139. The van der Waals surface area contributed by atoms with Crippen LogP contribution in [0, 0.1) is 11.8 Å². The molecule has 0 heterocycles. The van der Waals surface area contributed by atoms with Crippen LogP contribution >= 0.6 is 27.7 Å². The summed E-state index contributed by atoms with van der Waals surface area (Å²) in [6, 6.07) is 28.6. The SMILES string of the molecule is CCCC[C@@H](C(=O)N[C@@H](CC(C)C)C(=O)C[C@@H](CSC(c1ccccc1)(c1ccccc1)c1ccccc1)C(=O)NCC(=O)NC)N(C)C(=O)CBr. The lowest BCUT2D eigenvalue weighted by atomic mass is 9.84. The van der Waals surface area contributed by atoms with Gasteiger partial charge in [0.15, 0.2) is 5.78 Å². The molecule has 0 saturated heterocycles. The van der Waals surface area contributed by atoms with Crippen molar-refractivity contribution in [1.29, 1.82) is 0 Å². The second-order valence-electron chi connectivity index (χ2n) is 13.3. The second-order valence-corrected chi connectivity index (χ2v) is 15.1. The third-order valence-electron chi connectivity index (χ3n) is 9.08. The minimum atomic E-state index is -0.870. The molecule has 3 aromatic carbocycles. The van der Waals surface area contributed by atoms with Gasteiger partial charge in [-0.25, -0.2) is 0 Å². The van der Waals surface area contributed by atoms with E-state index in [1.54, 1.807) is 18.8 Å². The first-order valence-corrected chi connectivity index (χ1v) is 20.0. The molecule has 0 aliphatic carbocycles. The Kier molecular flexibility index (Phi) is 17.6. The van der Waals surface area contributed by atoms with Gasteiger partial charge in [0.05, 0.1) is 28.6 Å². The number of alkyl halides is 1. The first-order chi connectivity index (χ1) is 25.0. The van der Waals surface area contributed by atoms with Crippen molar-refractivity contribution in [1.82, 2.24) is 20.9 Å². The predicted molar refractivity (Wildman–Crippen MR) is 213 cm³/mol. The maximum Gasteiger partial charge on any atom is 0.243 e. The minimum absolute atomic E-state index is 0.0574. The smallest absolute Gasteiger partial charge is 0.243 e. The summed E-state index contributed by atoms with van der Waals surface area (Å²) < 4.78 is -0.739. The number of hydrogen-bond donors (Lipinski definition) is 3. The highest BCUT2D eigenvalue weighted by molar-refractivity contribution is 9.09. The number of nitrogens with one attached hydrogen (secondary N) is 3. The summed E-state index contributed by atoms with van der Waals surface area (Å²) in [5, 5.41) is 8.31. The Morgan fingerprint density at radius 1 is 0.827 bits per heavy atom. The standard InChI is InChI=1S/C41H53BrN4O5S/c1-6-7-23-35(46(5)38(49)26-42)40(51)45-34(24-29(2)3)36(47)25-30(39(50)44-27-37(48)43-4)28-52-41(31-17-11-8-12-18-31,32-19-13-9-14-20-32)33-21-15-10-16-22-33/h8-22,29-30,34-35H,6-7,23-28H2,1-5H3,(H,43,48)(H,44,50)(H,45,51)/t30-,34-,35-/m0/s1. The van der Waals surface area contributed by atoms with Crippen LogP contribution in [0.15, 0.2) is 91.0 Å². The molecule has 9 nitrogen and oxygen atoms in total. The third-order valence-corrected chi connectivity index (χ3v) is 11.3. The van der Waals surface area contributed by atoms with Crippen LogP contribution in [0.2, 0.25) is 0 Å². The largest absolute Gasteiger partial charge is 0.358 e. The highest BCUT2D eigenvalue weighted by Gasteiger charge is 2.39. The van der Waals surface area contributed by atoms with Gasteiger partial charge in [0.25, 0.3) is 0 Å². The van der Waals surface area contributed by atoms with Crippen LogP contribution in [-0.2, 0) is 28.7 Å². The van der Waals surface area contributed by atoms with Crippen LogP contribution in [0.3, 0.4) is 0 Å². The van der Waals surface area contributed by atoms with E-state index in [2.05, 4.69) is 68.3 Å². The predicted octanol–water partition coefficient (Wildman–Crippen LogP) is 6.09. The van der Waals surface area contributed by atoms with Crippen LogP contribution in [0.5, 0.6) is 0 Å². The molecule has 0 saturated carbocycles. The van der Waals surface area contributed by atoms with Gasteiger partial charge in [0, 0.05) is 26.3 Å². The van der Waals surface area contributed by atoms with Crippen molar-refractivity contribution < 1.29 is 24.0 Å². The van der Waals surface area contributed by atoms with E-state index in [-0.39, 0.29) is 47.6 Å². The summed E-state index contributed by atoms with van der Waals surface area (Å²) in [7, 11) is 3.10. The van der Waals surface area contributed by atoms with Gasteiger partial charge in [0.1, 0.15) is 6.04 Å². The molecule has 0 unspecified atom stereocenters. The van der Waals surface area contributed by atoms with Crippen molar-refractivity contribution in [3.05, 3.63) is 108 Å². The third kappa shape index (κ3) is 11.8. The number of unbranched alkanes of at least 4 members (excludes halogenated alkanes) is 1. The normalized spacial score (nSPS) is 13.1. The number of nitrogens with zero attached hydrogens (tertiary/aromatic N) is 1. The number of halogens is 1. The van der Waals surface area contributed by atoms with Gasteiger partial charge in [-0.15, -0.1) is 11.8 Å². The monoisotopic (exact) mass is 792 g/mol.